The van der Waals surface area contributed by atoms with Crippen LogP contribution in [-0.4, -0.2) is 16.9 Å². The zero-order valence-electron chi connectivity index (χ0n) is 9.56. The Bertz CT molecular complexity index is 384. The molecule has 98 valence electrons. The second-order valence-corrected chi connectivity index (χ2v) is 4.90. The molecule has 1 aliphatic carbocycles. The van der Waals surface area contributed by atoms with Crippen molar-refractivity contribution in [3.05, 3.63) is 10.6 Å². The summed E-state index contributed by atoms with van der Waals surface area (Å²) in [7, 11) is 0. The Morgan fingerprint density at radius 1 is 1.59 bits per heavy atom. The molecule has 1 aromatic heterocycles. The molecule has 17 heavy (non-hydrogen) atoms. The minimum Gasteiger partial charge on any atom is -0.375 e. The summed E-state index contributed by atoms with van der Waals surface area (Å²) in [5, 5.41) is 3.66. The fourth-order valence-corrected chi connectivity index (χ4v) is 2.81. The van der Waals surface area contributed by atoms with Crippen LogP contribution in [-0.2, 0) is 17.6 Å². The molecule has 0 saturated heterocycles. The number of amides is 1. The minimum atomic E-state index is 0. The highest BCUT2D eigenvalue weighted by Gasteiger charge is 2.22. The Balaban J connectivity index is 0.00000128. The van der Waals surface area contributed by atoms with E-state index < -0.39 is 0 Å². The van der Waals surface area contributed by atoms with Crippen LogP contribution < -0.4 is 11.1 Å². The maximum absolute atomic E-state index is 11.2. The average molecular weight is 298 g/mol. The van der Waals surface area contributed by atoms with Gasteiger partial charge in [-0.3, -0.25) is 4.79 Å². The number of nitrogens with zero attached hydrogens (tertiary/aromatic N) is 1. The Morgan fingerprint density at radius 3 is 2.94 bits per heavy atom. The van der Waals surface area contributed by atoms with Crippen LogP contribution in [0.15, 0.2) is 0 Å². The highest BCUT2D eigenvalue weighted by Crippen LogP contribution is 2.28. The molecule has 0 radical (unpaired) electrons. The largest absolute Gasteiger partial charge is 0.375 e. The molecule has 1 heterocycles. The molecule has 1 amide bonds. The van der Waals surface area contributed by atoms with Crippen molar-refractivity contribution >= 4 is 47.2 Å². The van der Waals surface area contributed by atoms with Crippen LogP contribution in [0.4, 0.5) is 5.13 Å². The number of fused-ring (bicyclic) bond motifs is 1. The number of halogens is 2. The van der Waals surface area contributed by atoms with E-state index in [1.807, 2.05) is 6.92 Å². The topological polar surface area (TPSA) is 68.0 Å². The van der Waals surface area contributed by atoms with Crippen molar-refractivity contribution in [1.82, 2.24) is 10.3 Å². The Morgan fingerprint density at radius 2 is 2.29 bits per heavy atom. The Kier molecular flexibility index (Phi) is 6.82. The number of nitrogens with two attached hydrogens (primary N) is 1. The van der Waals surface area contributed by atoms with Crippen molar-refractivity contribution in [3.8, 4) is 0 Å². The number of hydrogen-bond donors (Lipinski definition) is 2. The standard InChI is InChI=1S/C10H15N3OS.2ClH/c1-2-9(14)12-6-3-4-7-8(5-6)15-10(11)13-7;;/h6H,2-5H2,1H3,(H2,11,13)(H,12,14);2*1H/t6-;;/m0../s1. The number of aromatic nitrogens is 1. The van der Waals surface area contributed by atoms with Crippen LogP contribution in [0.3, 0.4) is 0 Å². The van der Waals surface area contributed by atoms with Gasteiger partial charge in [0.1, 0.15) is 0 Å². The summed E-state index contributed by atoms with van der Waals surface area (Å²) in [5.74, 6) is 0.126. The maximum atomic E-state index is 11.2. The Hall–Kier alpha value is -0.520. The second-order valence-electron chi connectivity index (χ2n) is 3.78. The van der Waals surface area contributed by atoms with Crippen molar-refractivity contribution in [2.75, 3.05) is 5.73 Å². The summed E-state index contributed by atoms with van der Waals surface area (Å²) in [6.45, 7) is 1.87. The number of carbonyl (C=O) groups excluding carboxylic acids is 1. The monoisotopic (exact) mass is 297 g/mol. The molecule has 7 heteroatoms. The van der Waals surface area contributed by atoms with Gasteiger partial charge in [-0.25, -0.2) is 4.98 Å². The van der Waals surface area contributed by atoms with Crippen molar-refractivity contribution in [2.45, 2.75) is 38.6 Å². The molecular weight excluding hydrogens is 281 g/mol. The highest BCUT2D eigenvalue weighted by molar-refractivity contribution is 7.15. The fraction of sp³-hybridized carbons (Fsp3) is 0.600. The van der Waals surface area contributed by atoms with Crippen LogP contribution in [0.1, 0.15) is 30.3 Å². The molecule has 2 rings (SSSR count). The minimum absolute atomic E-state index is 0. The first-order valence-electron chi connectivity index (χ1n) is 5.22. The summed E-state index contributed by atoms with van der Waals surface area (Å²) >= 11 is 1.54. The van der Waals surface area contributed by atoms with Gasteiger partial charge in [0, 0.05) is 23.8 Å². The maximum Gasteiger partial charge on any atom is 0.219 e. The van der Waals surface area contributed by atoms with E-state index >= 15 is 0 Å². The van der Waals surface area contributed by atoms with Crippen LogP contribution in [0, 0.1) is 0 Å². The van der Waals surface area contributed by atoms with Gasteiger partial charge in [0.25, 0.3) is 0 Å². The summed E-state index contributed by atoms with van der Waals surface area (Å²) < 4.78 is 0. The van der Waals surface area contributed by atoms with Crippen molar-refractivity contribution in [1.29, 1.82) is 0 Å². The number of anilines is 1. The van der Waals surface area contributed by atoms with Gasteiger partial charge in [0.2, 0.25) is 5.91 Å². The Labute approximate surface area is 117 Å². The molecule has 0 unspecified atom stereocenters. The number of nitrogen functional groups attached to an aromatic ring is 1. The molecule has 0 fully saturated rings. The van der Waals surface area contributed by atoms with E-state index in [4.69, 9.17) is 5.73 Å². The van der Waals surface area contributed by atoms with E-state index in [9.17, 15) is 4.79 Å². The first-order valence-corrected chi connectivity index (χ1v) is 6.04. The van der Waals surface area contributed by atoms with Gasteiger partial charge >= 0.3 is 0 Å². The lowest BCUT2D eigenvalue weighted by Gasteiger charge is -2.21. The van der Waals surface area contributed by atoms with Crippen molar-refractivity contribution in [3.63, 3.8) is 0 Å². The quantitative estimate of drug-likeness (QED) is 0.877. The molecule has 0 bridgehead atoms. The van der Waals surface area contributed by atoms with Crippen molar-refractivity contribution in [2.24, 2.45) is 0 Å². The van der Waals surface area contributed by atoms with E-state index in [2.05, 4.69) is 10.3 Å². The summed E-state index contributed by atoms with van der Waals surface area (Å²) in [6, 6.07) is 0.268. The van der Waals surface area contributed by atoms with Crippen LogP contribution in [0.2, 0.25) is 0 Å². The lowest BCUT2D eigenvalue weighted by molar-refractivity contribution is -0.121. The zero-order chi connectivity index (χ0) is 10.8. The number of hydrogen-bond acceptors (Lipinski definition) is 4. The first-order chi connectivity index (χ1) is 7.19. The van der Waals surface area contributed by atoms with Gasteiger partial charge in [-0.15, -0.1) is 36.2 Å². The average Bonchev–Trinajstić information content (AvgIpc) is 2.57. The van der Waals surface area contributed by atoms with E-state index in [0.29, 0.717) is 11.6 Å². The van der Waals surface area contributed by atoms with E-state index in [-0.39, 0.29) is 36.8 Å². The third kappa shape index (κ3) is 4.01. The molecule has 4 nitrogen and oxygen atoms in total. The molecule has 1 aromatic rings. The van der Waals surface area contributed by atoms with Gasteiger partial charge < -0.3 is 11.1 Å². The number of nitrogens with one attached hydrogen (secondary N) is 1. The van der Waals surface area contributed by atoms with Crippen LogP contribution in [0.25, 0.3) is 0 Å². The molecule has 0 aromatic carbocycles. The van der Waals surface area contributed by atoms with E-state index in [0.717, 1.165) is 25.0 Å². The lowest BCUT2D eigenvalue weighted by Crippen LogP contribution is -2.38. The van der Waals surface area contributed by atoms with E-state index in [1.54, 1.807) is 11.3 Å². The third-order valence-electron chi connectivity index (χ3n) is 2.64. The fourth-order valence-electron chi connectivity index (χ4n) is 1.85. The molecule has 1 atom stereocenters. The third-order valence-corrected chi connectivity index (χ3v) is 3.59. The van der Waals surface area contributed by atoms with Gasteiger partial charge in [-0.05, 0) is 12.8 Å². The number of carbonyl (C=O) groups is 1. The smallest absolute Gasteiger partial charge is 0.219 e. The molecule has 0 saturated carbocycles. The van der Waals surface area contributed by atoms with Gasteiger partial charge in [0.15, 0.2) is 5.13 Å². The summed E-state index contributed by atoms with van der Waals surface area (Å²) in [6.07, 6.45) is 3.34. The lowest BCUT2D eigenvalue weighted by atomic mass is 9.97. The normalized spacial score (nSPS) is 17.4. The van der Waals surface area contributed by atoms with Gasteiger partial charge in [-0.2, -0.15) is 0 Å². The first kappa shape index (κ1) is 16.5. The second kappa shape index (κ2) is 7.03. The predicted octanol–water partition coefficient (Wildman–Crippen LogP) is 1.95. The molecule has 1 aliphatic rings. The number of rotatable bonds is 2. The molecule has 0 spiro atoms. The molecule has 0 aliphatic heterocycles. The molecular formula is C10H17Cl2N3OS. The SMILES string of the molecule is CCC(=O)N[C@H]1CCc2nc(N)sc2C1.Cl.Cl. The summed E-state index contributed by atoms with van der Waals surface area (Å²) in [4.78, 5) is 16.8. The van der Waals surface area contributed by atoms with Crippen LogP contribution >= 0.6 is 36.2 Å². The van der Waals surface area contributed by atoms with Crippen molar-refractivity contribution < 1.29 is 4.79 Å². The highest BCUT2D eigenvalue weighted by atomic mass is 35.5. The summed E-state index contributed by atoms with van der Waals surface area (Å²) in [5.41, 5.74) is 6.78. The molecule has 3 N–H and O–H groups in total. The predicted molar refractivity (Wildman–Crippen MR) is 75.3 cm³/mol. The van der Waals surface area contributed by atoms with Gasteiger partial charge in [-0.1, -0.05) is 6.92 Å². The van der Waals surface area contributed by atoms with Crippen LogP contribution in [0.5, 0.6) is 0 Å². The zero-order valence-corrected chi connectivity index (χ0v) is 12.0. The number of thiazole rings is 1. The van der Waals surface area contributed by atoms with Gasteiger partial charge in [0.05, 0.1) is 5.69 Å². The van der Waals surface area contributed by atoms with E-state index in [1.165, 1.54) is 4.88 Å². The number of aryl methyl sites for hydroxylation is 1.